The molecule has 3 rings (SSSR count). The van der Waals surface area contributed by atoms with Gasteiger partial charge in [-0.1, -0.05) is 17.2 Å². The molecule has 2 aliphatic carbocycles. The van der Waals surface area contributed by atoms with Crippen molar-refractivity contribution in [2.45, 2.75) is 71.2 Å². The number of aliphatic hydroxyl groups is 1. The summed E-state index contributed by atoms with van der Waals surface area (Å²) in [5, 5.41) is 10.9. The molecule has 1 saturated carbocycles. The van der Waals surface area contributed by atoms with Gasteiger partial charge in [-0.25, -0.2) is 9.59 Å². The molecule has 1 aliphatic heterocycles. The summed E-state index contributed by atoms with van der Waals surface area (Å²) in [4.78, 5) is 24.8. The lowest BCUT2D eigenvalue weighted by Crippen LogP contribution is -2.44. The van der Waals surface area contributed by atoms with Crippen LogP contribution in [0, 0.1) is 17.8 Å². The highest BCUT2D eigenvalue weighted by Crippen LogP contribution is 2.54. The summed E-state index contributed by atoms with van der Waals surface area (Å²) in [6, 6.07) is 0. The van der Waals surface area contributed by atoms with Gasteiger partial charge < -0.3 is 14.6 Å². The van der Waals surface area contributed by atoms with Crippen molar-refractivity contribution in [3.8, 4) is 0 Å². The zero-order valence-corrected chi connectivity index (χ0v) is 15.7. The molecular formula is C20H28O5. The van der Waals surface area contributed by atoms with Crippen LogP contribution in [0.25, 0.3) is 0 Å². The summed E-state index contributed by atoms with van der Waals surface area (Å²) in [5.74, 6) is -1.23. The molecule has 1 heterocycles. The SMILES string of the molecule is CC(C)=CC(=O)O[C@@]1(C)C(=O)O[C@@H]2[C@@H]3C(C)=CC[C@H]3[C@@](C)(O)CC[C@@H]21. The molecule has 6 atom stereocenters. The molecule has 5 heteroatoms. The summed E-state index contributed by atoms with van der Waals surface area (Å²) in [5.41, 5.74) is -0.160. The second-order valence-corrected chi connectivity index (χ2v) is 8.44. The molecule has 5 nitrogen and oxygen atoms in total. The Hall–Kier alpha value is -1.62. The Morgan fingerprint density at radius 1 is 1.36 bits per heavy atom. The van der Waals surface area contributed by atoms with Gasteiger partial charge in [0.1, 0.15) is 6.10 Å². The predicted molar refractivity (Wildman–Crippen MR) is 92.5 cm³/mol. The van der Waals surface area contributed by atoms with E-state index in [0.717, 1.165) is 17.6 Å². The van der Waals surface area contributed by atoms with E-state index < -0.39 is 23.1 Å². The Bertz CT molecular complexity index is 655. The topological polar surface area (TPSA) is 72.8 Å². The van der Waals surface area contributed by atoms with Crippen molar-refractivity contribution >= 4 is 11.9 Å². The van der Waals surface area contributed by atoms with Crippen molar-refractivity contribution in [1.82, 2.24) is 0 Å². The molecule has 0 radical (unpaired) electrons. The van der Waals surface area contributed by atoms with Crippen LogP contribution in [0.4, 0.5) is 0 Å². The highest BCUT2D eigenvalue weighted by atomic mass is 16.6. The molecular weight excluding hydrogens is 320 g/mol. The second-order valence-electron chi connectivity index (χ2n) is 8.44. The molecule has 2 fully saturated rings. The molecule has 1 saturated heterocycles. The average molecular weight is 348 g/mol. The van der Waals surface area contributed by atoms with Crippen LogP contribution in [0.1, 0.15) is 53.9 Å². The van der Waals surface area contributed by atoms with E-state index in [1.807, 2.05) is 13.8 Å². The van der Waals surface area contributed by atoms with Crippen molar-refractivity contribution in [1.29, 1.82) is 0 Å². The fourth-order valence-corrected chi connectivity index (χ4v) is 4.82. The van der Waals surface area contributed by atoms with Crippen molar-refractivity contribution in [2.75, 3.05) is 0 Å². The standard InChI is InChI=1S/C20H28O5/c1-11(2)10-15(21)25-20(5)14-8-9-19(4,23)13-7-6-12(3)16(13)17(14)24-18(20)22/h6,10,13-14,16-17,23H,7-9H2,1-5H3/t13-,14+,16-,17+,19+,20-/m1/s1. The normalized spacial score (nSPS) is 42.6. The van der Waals surface area contributed by atoms with Gasteiger partial charge in [-0.15, -0.1) is 0 Å². The van der Waals surface area contributed by atoms with Crippen LogP contribution in [0.3, 0.4) is 0 Å². The van der Waals surface area contributed by atoms with Gasteiger partial charge in [-0.2, -0.15) is 0 Å². The third-order valence-corrected chi connectivity index (χ3v) is 6.24. The fourth-order valence-electron chi connectivity index (χ4n) is 4.82. The van der Waals surface area contributed by atoms with E-state index in [1.165, 1.54) is 6.08 Å². The largest absolute Gasteiger partial charge is 0.458 e. The molecule has 0 amide bonds. The van der Waals surface area contributed by atoms with Gasteiger partial charge in [0.25, 0.3) is 0 Å². The van der Waals surface area contributed by atoms with Crippen LogP contribution >= 0.6 is 0 Å². The first kappa shape index (κ1) is 18.2. The lowest BCUT2D eigenvalue weighted by atomic mass is 9.75. The molecule has 0 aromatic carbocycles. The van der Waals surface area contributed by atoms with Crippen molar-refractivity contribution < 1.29 is 24.2 Å². The van der Waals surface area contributed by atoms with Crippen molar-refractivity contribution in [3.63, 3.8) is 0 Å². The van der Waals surface area contributed by atoms with E-state index in [1.54, 1.807) is 20.8 Å². The molecule has 3 aliphatic rings. The second kappa shape index (κ2) is 5.97. The highest BCUT2D eigenvalue weighted by Gasteiger charge is 2.63. The number of rotatable bonds is 2. The lowest BCUT2D eigenvalue weighted by molar-refractivity contribution is -0.171. The Morgan fingerprint density at radius 2 is 2.04 bits per heavy atom. The average Bonchev–Trinajstić information content (AvgIpc) is 2.92. The van der Waals surface area contributed by atoms with Crippen LogP contribution in [0.2, 0.25) is 0 Å². The minimum absolute atomic E-state index is 0.0181. The van der Waals surface area contributed by atoms with Crippen LogP contribution in [0.5, 0.6) is 0 Å². The Morgan fingerprint density at radius 3 is 2.68 bits per heavy atom. The molecule has 0 aromatic rings. The number of hydrogen-bond acceptors (Lipinski definition) is 5. The van der Waals surface area contributed by atoms with Crippen LogP contribution in [0.15, 0.2) is 23.3 Å². The minimum atomic E-state index is -1.30. The third kappa shape index (κ3) is 2.92. The maximum atomic E-state index is 12.7. The van der Waals surface area contributed by atoms with Crippen LogP contribution in [-0.4, -0.2) is 34.4 Å². The van der Waals surface area contributed by atoms with Gasteiger partial charge in [-0.05, 0) is 53.9 Å². The number of ether oxygens (including phenoxy) is 2. The summed E-state index contributed by atoms with van der Waals surface area (Å²) in [7, 11) is 0. The summed E-state index contributed by atoms with van der Waals surface area (Å²) in [6.07, 6.45) is 5.10. The summed E-state index contributed by atoms with van der Waals surface area (Å²) < 4.78 is 11.4. The maximum Gasteiger partial charge on any atom is 0.351 e. The quantitative estimate of drug-likeness (QED) is 0.472. The number of esters is 2. The van der Waals surface area contributed by atoms with Crippen molar-refractivity contribution in [3.05, 3.63) is 23.3 Å². The number of fused-ring (bicyclic) bond motifs is 3. The van der Waals surface area contributed by atoms with E-state index in [4.69, 9.17) is 9.47 Å². The molecule has 0 aromatic heterocycles. The van der Waals surface area contributed by atoms with Crippen LogP contribution < -0.4 is 0 Å². The summed E-state index contributed by atoms with van der Waals surface area (Å²) >= 11 is 0. The minimum Gasteiger partial charge on any atom is -0.458 e. The predicted octanol–water partition coefficient (Wildman–Crippen LogP) is 2.92. The molecule has 1 N–H and O–H groups in total. The number of carbonyl (C=O) groups is 2. The van der Waals surface area contributed by atoms with Gasteiger partial charge in [-0.3, -0.25) is 0 Å². The van der Waals surface area contributed by atoms with Gasteiger partial charge in [0.05, 0.1) is 5.60 Å². The van der Waals surface area contributed by atoms with E-state index >= 15 is 0 Å². The van der Waals surface area contributed by atoms with E-state index in [2.05, 4.69) is 6.08 Å². The van der Waals surface area contributed by atoms with Gasteiger partial charge >= 0.3 is 11.9 Å². The lowest BCUT2D eigenvalue weighted by Gasteiger charge is -2.34. The van der Waals surface area contributed by atoms with E-state index in [9.17, 15) is 14.7 Å². The fraction of sp³-hybridized carbons (Fsp3) is 0.700. The van der Waals surface area contributed by atoms with Crippen molar-refractivity contribution in [2.24, 2.45) is 17.8 Å². The smallest absolute Gasteiger partial charge is 0.351 e. The van der Waals surface area contributed by atoms with E-state index in [0.29, 0.717) is 12.8 Å². The highest BCUT2D eigenvalue weighted by molar-refractivity contribution is 5.89. The number of allylic oxidation sites excluding steroid dienone is 2. The van der Waals surface area contributed by atoms with Gasteiger partial charge in [0, 0.05) is 23.8 Å². The first-order valence-corrected chi connectivity index (χ1v) is 9.04. The zero-order valence-electron chi connectivity index (χ0n) is 15.7. The first-order chi connectivity index (χ1) is 11.6. The molecule has 0 spiro atoms. The molecule has 25 heavy (non-hydrogen) atoms. The maximum absolute atomic E-state index is 12.7. The van der Waals surface area contributed by atoms with Gasteiger partial charge in [0.2, 0.25) is 5.60 Å². The summed E-state index contributed by atoms with van der Waals surface area (Å²) in [6.45, 7) is 9.16. The number of hydrogen-bond donors (Lipinski definition) is 1. The van der Waals surface area contributed by atoms with Crippen LogP contribution in [-0.2, 0) is 19.1 Å². The molecule has 0 unspecified atom stereocenters. The monoisotopic (exact) mass is 348 g/mol. The third-order valence-electron chi connectivity index (χ3n) is 6.24. The van der Waals surface area contributed by atoms with E-state index in [-0.39, 0.29) is 23.9 Å². The van der Waals surface area contributed by atoms with Gasteiger partial charge in [0.15, 0.2) is 0 Å². The molecule has 138 valence electrons. The Labute approximate surface area is 149 Å². The Kier molecular flexibility index (Phi) is 4.34. The number of carbonyl (C=O) groups excluding carboxylic acids is 2. The zero-order chi connectivity index (χ0) is 18.6. The first-order valence-electron chi connectivity index (χ1n) is 9.04. The molecule has 0 bridgehead atoms. The Balaban J connectivity index is 1.95.